The van der Waals surface area contributed by atoms with Gasteiger partial charge in [-0.25, -0.2) is 4.79 Å². The third kappa shape index (κ3) is 4.07. The molecule has 1 fully saturated rings. The molecule has 0 radical (unpaired) electrons. The monoisotopic (exact) mass is 331 g/mol. The Morgan fingerprint density at radius 1 is 1.43 bits per heavy atom. The van der Waals surface area contributed by atoms with Crippen LogP contribution in [0.3, 0.4) is 0 Å². The highest BCUT2D eigenvalue weighted by Crippen LogP contribution is 2.26. The summed E-state index contributed by atoms with van der Waals surface area (Å²) in [5.74, 6) is -0.0560. The number of cyclic esters (lactones) is 1. The van der Waals surface area contributed by atoms with Crippen molar-refractivity contribution in [2.24, 2.45) is 0 Å². The first-order chi connectivity index (χ1) is 11.2. The lowest BCUT2D eigenvalue weighted by Gasteiger charge is -2.10. The van der Waals surface area contributed by atoms with E-state index in [1.807, 2.05) is 29.6 Å². The van der Waals surface area contributed by atoms with Gasteiger partial charge in [-0.05, 0) is 35.6 Å². The Morgan fingerprint density at radius 3 is 3.09 bits per heavy atom. The average Bonchev–Trinajstić information content (AvgIpc) is 3.21. The van der Waals surface area contributed by atoms with Crippen LogP contribution in [0.25, 0.3) is 0 Å². The van der Waals surface area contributed by atoms with E-state index in [9.17, 15) is 9.59 Å². The fourth-order valence-corrected chi connectivity index (χ4v) is 3.08. The second-order valence-corrected chi connectivity index (χ2v) is 6.16. The van der Waals surface area contributed by atoms with Gasteiger partial charge in [0.15, 0.2) is 0 Å². The van der Waals surface area contributed by atoms with Gasteiger partial charge in [0.1, 0.15) is 11.1 Å². The van der Waals surface area contributed by atoms with Gasteiger partial charge in [-0.2, -0.15) is 0 Å². The topological polar surface area (TPSA) is 71.5 Å². The lowest BCUT2D eigenvalue weighted by atomic mass is 10.1. The molecule has 1 saturated heterocycles. The van der Waals surface area contributed by atoms with Crippen molar-refractivity contribution in [1.29, 1.82) is 0 Å². The fraction of sp³-hybridized carbons (Fsp3) is 0.312. The highest BCUT2D eigenvalue weighted by atomic mass is 32.1. The van der Waals surface area contributed by atoms with Crippen molar-refractivity contribution < 1.29 is 14.3 Å². The highest BCUT2D eigenvalue weighted by Gasteiger charge is 2.32. The van der Waals surface area contributed by atoms with Crippen molar-refractivity contribution in [3.63, 3.8) is 0 Å². The molecule has 0 bridgehead atoms. The molecule has 3 heterocycles. The molecule has 120 valence electrons. The van der Waals surface area contributed by atoms with Crippen LogP contribution in [-0.4, -0.2) is 36.2 Å². The van der Waals surface area contributed by atoms with Crippen LogP contribution in [0.1, 0.15) is 12.0 Å². The van der Waals surface area contributed by atoms with E-state index in [1.54, 1.807) is 17.3 Å². The molecule has 6 nitrogen and oxygen atoms in total. The molecule has 0 aliphatic carbocycles. The van der Waals surface area contributed by atoms with E-state index in [4.69, 9.17) is 4.74 Å². The summed E-state index contributed by atoms with van der Waals surface area (Å²) in [6.45, 7) is 0.793. The van der Waals surface area contributed by atoms with Gasteiger partial charge >= 0.3 is 6.09 Å². The van der Waals surface area contributed by atoms with E-state index < -0.39 is 0 Å². The van der Waals surface area contributed by atoms with Crippen molar-refractivity contribution in [2.45, 2.75) is 18.9 Å². The van der Waals surface area contributed by atoms with Crippen LogP contribution >= 0.6 is 11.3 Å². The fourth-order valence-electron chi connectivity index (χ4n) is 2.35. The number of pyridine rings is 1. The Balaban J connectivity index is 1.42. The van der Waals surface area contributed by atoms with Crippen LogP contribution < -0.4 is 10.2 Å². The summed E-state index contributed by atoms with van der Waals surface area (Å²) in [7, 11) is 0. The van der Waals surface area contributed by atoms with Crippen LogP contribution in [-0.2, 0) is 16.0 Å². The summed E-state index contributed by atoms with van der Waals surface area (Å²) in [6.07, 6.45) is 3.82. The largest absolute Gasteiger partial charge is 0.442 e. The van der Waals surface area contributed by atoms with E-state index in [0.717, 1.165) is 10.6 Å². The molecule has 0 spiro atoms. The number of carbonyl (C=O) groups is 2. The van der Waals surface area contributed by atoms with Gasteiger partial charge < -0.3 is 10.1 Å². The lowest BCUT2D eigenvalue weighted by molar-refractivity contribution is -0.121. The second kappa shape index (κ2) is 7.23. The zero-order chi connectivity index (χ0) is 16.1. The maximum atomic E-state index is 11.9. The van der Waals surface area contributed by atoms with Gasteiger partial charge in [-0.1, -0.05) is 6.07 Å². The number of nitrogens with one attached hydrogen (secondary N) is 1. The minimum atomic E-state index is -0.359. The molecule has 1 unspecified atom stereocenters. The van der Waals surface area contributed by atoms with Gasteiger partial charge in [-0.3, -0.25) is 14.7 Å². The third-order valence-corrected chi connectivity index (χ3v) is 4.43. The van der Waals surface area contributed by atoms with E-state index in [2.05, 4.69) is 10.3 Å². The van der Waals surface area contributed by atoms with Gasteiger partial charge in [0.05, 0.1) is 13.1 Å². The molecule has 1 aliphatic heterocycles. The molecule has 0 saturated carbocycles. The van der Waals surface area contributed by atoms with Crippen molar-refractivity contribution in [2.75, 3.05) is 18.0 Å². The Kier molecular flexibility index (Phi) is 4.87. The third-order valence-electron chi connectivity index (χ3n) is 3.54. The minimum absolute atomic E-state index is 0.0560. The molecule has 2 amide bonds. The van der Waals surface area contributed by atoms with Gasteiger partial charge in [0, 0.05) is 18.8 Å². The Labute approximate surface area is 138 Å². The number of hydrogen-bond acceptors (Lipinski definition) is 5. The van der Waals surface area contributed by atoms with E-state index >= 15 is 0 Å². The summed E-state index contributed by atoms with van der Waals surface area (Å²) in [5, 5.41) is 5.60. The molecule has 1 aliphatic rings. The summed E-state index contributed by atoms with van der Waals surface area (Å²) >= 11 is 1.49. The van der Waals surface area contributed by atoms with Crippen molar-refractivity contribution >= 4 is 28.3 Å². The molecule has 0 aromatic carbocycles. The molecule has 23 heavy (non-hydrogen) atoms. The van der Waals surface area contributed by atoms with Gasteiger partial charge in [0.25, 0.3) is 0 Å². The van der Waals surface area contributed by atoms with Gasteiger partial charge in [0.2, 0.25) is 5.91 Å². The zero-order valence-corrected chi connectivity index (χ0v) is 13.3. The number of carbonyl (C=O) groups excluding carboxylic acids is 2. The van der Waals surface area contributed by atoms with Crippen LogP contribution in [0.4, 0.5) is 9.80 Å². The predicted octanol–water partition coefficient (Wildman–Crippen LogP) is 2.22. The molecule has 2 aromatic rings. The molecule has 2 aromatic heterocycles. The number of ether oxygens (including phenoxy) is 1. The number of rotatable bonds is 6. The average molecular weight is 331 g/mol. The molecular formula is C16H17N3O3S. The summed E-state index contributed by atoms with van der Waals surface area (Å²) < 4.78 is 5.28. The van der Waals surface area contributed by atoms with Gasteiger partial charge in [-0.15, -0.1) is 11.3 Å². The quantitative estimate of drug-likeness (QED) is 0.881. The first-order valence-electron chi connectivity index (χ1n) is 7.39. The first-order valence-corrected chi connectivity index (χ1v) is 8.27. The lowest BCUT2D eigenvalue weighted by Crippen LogP contribution is -2.34. The number of amides is 2. The van der Waals surface area contributed by atoms with Crippen LogP contribution in [0.15, 0.2) is 42.0 Å². The normalized spacial score (nSPS) is 17.1. The zero-order valence-electron chi connectivity index (χ0n) is 12.5. The number of anilines is 1. The predicted molar refractivity (Wildman–Crippen MR) is 87.5 cm³/mol. The summed E-state index contributed by atoms with van der Waals surface area (Å²) in [5.41, 5.74) is 1.03. The first kappa shape index (κ1) is 15.5. The Morgan fingerprint density at radius 2 is 2.35 bits per heavy atom. The number of nitrogens with zero attached hydrogens (tertiary/aromatic N) is 2. The molecule has 3 rings (SSSR count). The van der Waals surface area contributed by atoms with Crippen molar-refractivity contribution in [1.82, 2.24) is 10.3 Å². The Bertz CT molecular complexity index is 660. The van der Waals surface area contributed by atoms with E-state index in [1.165, 1.54) is 11.3 Å². The van der Waals surface area contributed by atoms with Crippen molar-refractivity contribution in [3.8, 4) is 0 Å². The maximum Gasteiger partial charge on any atom is 0.415 e. The Hall–Kier alpha value is -2.41. The summed E-state index contributed by atoms with van der Waals surface area (Å²) in [4.78, 5) is 29.3. The van der Waals surface area contributed by atoms with E-state index in [0.29, 0.717) is 25.9 Å². The minimum Gasteiger partial charge on any atom is -0.442 e. The standard InChI is InChI=1S/C16H17N3O3S/c20-14(6-5-12-3-1-7-17-9-12)18-10-13-11-19(16(21)22-13)15-4-2-8-23-15/h1-4,7-9,13H,5-6,10-11H2,(H,18,20). The SMILES string of the molecule is O=C(CCc1cccnc1)NCC1CN(c2cccs2)C(=O)O1. The van der Waals surface area contributed by atoms with E-state index in [-0.39, 0.29) is 18.1 Å². The number of aryl methyl sites for hydroxylation is 1. The smallest absolute Gasteiger partial charge is 0.415 e. The number of hydrogen-bond donors (Lipinski definition) is 1. The second-order valence-electron chi connectivity index (χ2n) is 5.23. The molecular weight excluding hydrogens is 314 g/mol. The number of thiophene rings is 1. The van der Waals surface area contributed by atoms with Crippen LogP contribution in [0.5, 0.6) is 0 Å². The van der Waals surface area contributed by atoms with Crippen LogP contribution in [0.2, 0.25) is 0 Å². The molecule has 7 heteroatoms. The highest BCUT2D eigenvalue weighted by molar-refractivity contribution is 7.14. The number of aromatic nitrogens is 1. The van der Waals surface area contributed by atoms with Crippen molar-refractivity contribution in [3.05, 3.63) is 47.6 Å². The summed E-state index contributed by atoms with van der Waals surface area (Å²) in [6, 6.07) is 7.56. The maximum absolute atomic E-state index is 11.9. The molecule has 1 N–H and O–H groups in total. The van der Waals surface area contributed by atoms with Crippen LogP contribution in [0, 0.1) is 0 Å². The molecule has 1 atom stereocenters.